The summed E-state index contributed by atoms with van der Waals surface area (Å²) < 4.78 is 10.2. The molecule has 0 fully saturated rings. The fourth-order valence-electron chi connectivity index (χ4n) is 2.05. The van der Waals surface area contributed by atoms with Crippen LogP contribution in [0.25, 0.3) is 0 Å². The van der Waals surface area contributed by atoms with Crippen molar-refractivity contribution in [1.29, 1.82) is 0 Å². The number of aromatic nitrogens is 2. The lowest BCUT2D eigenvalue weighted by molar-refractivity contribution is -0.129. The van der Waals surface area contributed by atoms with Crippen LogP contribution in [0, 0.1) is 0 Å². The lowest BCUT2D eigenvalue weighted by Crippen LogP contribution is -2.36. The molecule has 1 aromatic heterocycles. The minimum Gasteiger partial charge on any atom is -0.492 e. The quantitative estimate of drug-likeness (QED) is 0.544. The molecule has 0 aliphatic heterocycles. The molecular weight excluding hydrogens is 378 g/mol. The number of nitrogens with one attached hydrogen (secondary N) is 1. The molecule has 0 bridgehead atoms. The Morgan fingerprint density at radius 2 is 2.04 bits per heavy atom. The van der Waals surface area contributed by atoms with Gasteiger partial charge < -0.3 is 19.4 Å². The summed E-state index contributed by atoms with van der Waals surface area (Å²) in [5, 5.41) is 0.757. The molecular formula is C17H20ClN3O4S. The molecule has 1 amide bonds. The van der Waals surface area contributed by atoms with Gasteiger partial charge in [0.05, 0.1) is 25.1 Å². The number of ether oxygens (including phenoxy) is 2. The molecule has 140 valence electrons. The van der Waals surface area contributed by atoms with Crippen molar-refractivity contribution in [2.24, 2.45) is 0 Å². The van der Waals surface area contributed by atoms with Crippen LogP contribution in [0.1, 0.15) is 17.4 Å². The number of rotatable bonds is 8. The van der Waals surface area contributed by atoms with Crippen LogP contribution in [0.3, 0.4) is 0 Å². The van der Waals surface area contributed by atoms with E-state index in [1.807, 2.05) is 0 Å². The average molecular weight is 398 g/mol. The van der Waals surface area contributed by atoms with Crippen LogP contribution in [0.15, 0.2) is 35.6 Å². The van der Waals surface area contributed by atoms with Gasteiger partial charge >= 0.3 is 5.97 Å². The van der Waals surface area contributed by atoms with Gasteiger partial charge in [0.15, 0.2) is 5.16 Å². The number of likely N-dealkylation sites (N-methyl/N-ethyl adjacent to an activating group) is 1. The van der Waals surface area contributed by atoms with Crippen molar-refractivity contribution in [3.63, 3.8) is 0 Å². The van der Waals surface area contributed by atoms with E-state index < -0.39 is 5.97 Å². The molecule has 0 saturated heterocycles. The number of aromatic amines is 1. The summed E-state index contributed by atoms with van der Waals surface area (Å²) >= 11 is 7.06. The number of carbonyl (C=O) groups excluding carboxylic acids is 2. The molecule has 9 heteroatoms. The molecule has 0 radical (unpaired) electrons. The first-order valence-electron chi connectivity index (χ1n) is 7.84. The van der Waals surface area contributed by atoms with E-state index in [0.29, 0.717) is 29.1 Å². The van der Waals surface area contributed by atoms with Gasteiger partial charge in [0, 0.05) is 12.1 Å². The second-order valence-electron chi connectivity index (χ2n) is 5.42. The van der Waals surface area contributed by atoms with Crippen molar-refractivity contribution in [3.05, 3.63) is 41.2 Å². The SMILES string of the molecule is COC(=O)c1cnc(S[C@@H](C)C(=O)N(C)CCOc2ccc(Cl)cc2)[nH]1. The minimum atomic E-state index is -0.500. The molecule has 1 heterocycles. The van der Waals surface area contributed by atoms with Gasteiger partial charge in [0.1, 0.15) is 18.1 Å². The number of esters is 1. The van der Waals surface area contributed by atoms with E-state index in [4.69, 9.17) is 16.3 Å². The van der Waals surface area contributed by atoms with Crippen molar-refractivity contribution in [2.75, 3.05) is 27.3 Å². The molecule has 0 aliphatic rings. The van der Waals surface area contributed by atoms with Gasteiger partial charge in [-0.25, -0.2) is 9.78 Å². The highest BCUT2D eigenvalue weighted by Gasteiger charge is 2.20. The van der Waals surface area contributed by atoms with Crippen molar-refractivity contribution < 1.29 is 19.1 Å². The molecule has 2 rings (SSSR count). The molecule has 1 atom stereocenters. The average Bonchev–Trinajstić information content (AvgIpc) is 3.10. The third-order valence-corrected chi connectivity index (χ3v) is 4.72. The van der Waals surface area contributed by atoms with Crippen LogP contribution in [0.2, 0.25) is 5.02 Å². The zero-order valence-electron chi connectivity index (χ0n) is 14.7. The highest BCUT2D eigenvalue weighted by molar-refractivity contribution is 8.00. The zero-order valence-corrected chi connectivity index (χ0v) is 16.3. The van der Waals surface area contributed by atoms with E-state index in [1.54, 1.807) is 43.1 Å². The Kier molecular flexibility index (Phi) is 7.35. The first-order valence-corrected chi connectivity index (χ1v) is 9.09. The third-order valence-electron chi connectivity index (χ3n) is 3.48. The lowest BCUT2D eigenvalue weighted by atomic mass is 10.3. The summed E-state index contributed by atoms with van der Waals surface area (Å²) in [7, 11) is 3.01. The topological polar surface area (TPSA) is 84.5 Å². The van der Waals surface area contributed by atoms with Crippen LogP contribution in [0.5, 0.6) is 5.75 Å². The number of hydrogen-bond donors (Lipinski definition) is 1. The summed E-state index contributed by atoms with van der Waals surface area (Å²) in [6, 6.07) is 7.05. The highest BCUT2D eigenvalue weighted by Crippen LogP contribution is 2.21. The monoisotopic (exact) mass is 397 g/mol. The molecule has 2 aromatic rings. The Morgan fingerprint density at radius 3 is 2.69 bits per heavy atom. The number of halogens is 1. The van der Waals surface area contributed by atoms with Gasteiger partial charge in [0.25, 0.3) is 0 Å². The largest absolute Gasteiger partial charge is 0.492 e. The Labute approximate surface area is 161 Å². The number of amides is 1. The number of thioether (sulfide) groups is 1. The van der Waals surface area contributed by atoms with Gasteiger partial charge in [-0.05, 0) is 31.2 Å². The standard InChI is InChI=1S/C17H20ClN3O4S/c1-11(26-17-19-10-14(20-17)16(23)24-3)15(22)21(2)8-9-25-13-6-4-12(18)5-7-13/h4-7,10-11H,8-9H2,1-3H3,(H,19,20)/t11-/m0/s1. The Balaban J connectivity index is 1.80. The maximum Gasteiger partial charge on any atom is 0.356 e. The summed E-state index contributed by atoms with van der Waals surface area (Å²) in [5.41, 5.74) is 0.249. The summed E-state index contributed by atoms with van der Waals surface area (Å²) in [6.45, 7) is 2.59. The van der Waals surface area contributed by atoms with E-state index in [0.717, 1.165) is 0 Å². The normalized spacial score (nSPS) is 11.7. The molecule has 1 aromatic carbocycles. The van der Waals surface area contributed by atoms with E-state index >= 15 is 0 Å². The van der Waals surface area contributed by atoms with E-state index in [1.165, 1.54) is 25.1 Å². The molecule has 1 N–H and O–H groups in total. The number of nitrogens with zero attached hydrogens (tertiary/aromatic N) is 2. The zero-order chi connectivity index (χ0) is 19.1. The maximum atomic E-state index is 12.4. The maximum absolute atomic E-state index is 12.4. The van der Waals surface area contributed by atoms with Gasteiger partial charge in [-0.1, -0.05) is 23.4 Å². The van der Waals surface area contributed by atoms with Crippen molar-refractivity contribution in [1.82, 2.24) is 14.9 Å². The second-order valence-corrected chi connectivity index (χ2v) is 7.18. The third kappa shape index (κ3) is 5.67. The molecule has 0 unspecified atom stereocenters. The summed E-state index contributed by atoms with van der Waals surface area (Å²) in [6.07, 6.45) is 1.38. The number of carbonyl (C=O) groups is 2. The summed E-state index contributed by atoms with van der Waals surface area (Å²) in [5.74, 6) is 0.133. The number of benzene rings is 1. The molecule has 0 saturated carbocycles. The predicted molar refractivity (Wildman–Crippen MR) is 99.8 cm³/mol. The van der Waals surface area contributed by atoms with Crippen molar-refractivity contribution in [2.45, 2.75) is 17.3 Å². The highest BCUT2D eigenvalue weighted by atomic mass is 35.5. The van der Waals surface area contributed by atoms with Gasteiger partial charge in [0.2, 0.25) is 5.91 Å². The van der Waals surface area contributed by atoms with Gasteiger partial charge in [-0.3, -0.25) is 4.79 Å². The molecule has 26 heavy (non-hydrogen) atoms. The Hall–Kier alpha value is -2.19. The van der Waals surface area contributed by atoms with Crippen molar-refractivity contribution >= 4 is 35.2 Å². The molecule has 0 aliphatic carbocycles. The van der Waals surface area contributed by atoms with Crippen LogP contribution in [-0.2, 0) is 9.53 Å². The number of H-pyrrole nitrogens is 1. The van der Waals surface area contributed by atoms with E-state index in [-0.39, 0.29) is 16.9 Å². The number of imidazole rings is 1. The van der Waals surface area contributed by atoms with Crippen LogP contribution in [-0.4, -0.2) is 59.3 Å². The lowest BCUT2D eigenvalue weighted by Gasteiger charge is -2.20. The van der Waals surface area contributed by atoms with E-state index in [2.05, 4.69) is 14.7 Å². The fraction of sp³-hybridized carbons (Fsp3) is 0.353. The van der Waals surface area contributed by atoms with Gasteiger partial charge in [-0.2, -0.15) is 0 Å². The van der Waals surface area contributed by atoms with Gasteiger partial charge in [-0.15, -0.1) is 0 Å². The predicted octanol–water partition coefficient (Wildman–Crippen LogP) is 2.87. The Morgan fingerprint density at radius 1 is 1.35 bits per heavy atom. The second kappa shape index (κ2) is 9.49. The smallest absolute Gasteiger partial charge is 0.356 e. The van der Waals surface area contributed by atoms with Crippen LogP contribution >= 0.6 is 23.4 Å². The first kappa shape index (κ1) is 20.1. The summed E-state index contributed by atoms with van der Waals surface area (Å²) in [4.78, 5) is 32.3. The Bertz CT molecular complexity index is 751. The molecule has 7 nitrogen and oxygen atoms in total. The fourth-order valence-corrected chi connectivity index (χ4v) is 3.07. The van der Waals surface area contributed by atoms with E-state index in [9.17, 15) is 9.59 Å². The molecule has 0 spiro atoms. The minimum absolute atomic E-state index is 0.0641. The number of methoxy groups -OCH3 is 1. The van der Waals surface area contributed by atoms with Crippen molar-refractivity contribution in [3.8, 4) is 5.75 Å². The first-order chi connectivity index (χ1) is 12.4. The van der Waals surface area contributed by atoms with Crippen LogP contribution < -0.4 is 4.74 Å². The number of hydrogen-bond acceptors (Lipinski definition) is 6. The van der Waals surface area contributed by atoms with Crippen LogP contribution in [0.4, 0.5) is 0 Å².